The van der Waals surface area contributed by atoms with Crippen LogP contribution < -0.4 is 4.74 Å². The quantitative estimate of drug-likeness (QED) is 0.496. The molecule has 3 aromatic rings. The van der Waals surface area contributed by atoms with Gasteiger partial charge in [-0.05, 0) is 56.4 Å². The summed E-state index contributed by atoms with van der Waals surface area (Å²) in [4.78, 5) is 8.91. The van der Waals surface area contributed by atoms with Crippen molar-refractivity contribution in [3.63, 3.8) is 0 Å². The van der Waals surface area contributed by atoms with Gasteiger partial charge in [-0.3, -0.25) is 0 Å². The largest absolute Gasteiger partial charge is 0.490 e. The Kier molecular flexibility index (Phi) is 6.61. The molecule has 0 radical (unpaired) electrons. The van der Waals surface area contributed by atoms with Crippen LogP contribution in [0.5, 0.6) is 5.75 Å². The third-order valence-electron chi connectivity index (χ3n) is 5.86. The topological polar surface area (TPSA) is 88.2 Å². The van der Waals surface area contributed by atoms with Crippen LogP contribution in [0.1, 0.15) is 42.5 Å². The van der Waals surface area contributed by atoms with Gasteiger partial charge in [0.1, 0.15) is 17.9 Å². The monoisotopic (exact) mass is 466 g/mol. The molecule has 0 atom stereocenters. The van der Waals surface area contributed by atoms with E-state index in [4.69, 9.17) is 10.00 Å². The fraction of sp³-hybridized carbons (Fsp3) is 0.400. The number of halogens is 1. The van der Waals surface area contributed by atoms with E-state index in [9.17, 15) is 8.60 Å². The van der Waals surface area contributed by atoms with E-state index in [1.165, 1.54) is 18.5 Å². The molecule has 1 aliphatic rings. The summed E-state index contributed by atoms with van der Waals surface area (Å²) >= 11 is 0. The molecular weight excluding hydrogens is 439 g/mol. The van der Waals surface area contributed by atoms with E-state index in [1.807, 2.05) is 19.1 Å². The van der Waals surface area contributed by atoms with Crippen molar-refractivity contribution in [2.45, 2.75) is 45.1 Å². The minimum Gasteiger partial charge on any atom is -0.490 e. The second kappa shape index (κ2) is 9.44. The molecule has 1 fully saturated rings. The van der Waals surface area contributed by atoms with Gasteiger partial charge in [0.25, 0.3) is 0 Å². The summed E-state index contributed by atoms with van der Waals surface area (Å²) in [6.45, 7) is 1.96. The third-order valence-corrected chi connectivity index (χ3v) is 6.51. The fourth-order valence-electron chi connectivity index (χ4n) is 4.35. The normalized spacial score (nSPS) is 18.6. The number of hydrogen-bond donors (Lipinski definition) is 0. The van der Waals surface area contributed by atoms with Gasteiger partial charge in [0.15, 0.2) is 0 Å². The zero-order chi connectivity index (χ0) is 23.6. The summed E-state index contributed by atoms with van der Waals surface area (Å²) < 4.78 is 36.7. The van der Waals surface area contributed by atoms with Crippen molar-refractivity contribution in [1.29, 1.82) is 5.26 Å². The number of fused-ring (bicyclic) bond motifs is 1. The van der Waals surface area contributed by atoms with E-state index >= 15 is 0 Å². The average molecular weight is 467 g/mol. The van der Waals surface area contributed by atoms with Crippen molar-refractivity contribution in [1.82, 2.24) is 9.97 Å². The van der Waals surface area contributed by atoms with E-state index in [0.717, 1.165) is 53.4 Å². The number of aryl methyl sites for hydroxylation is 1. The number of benzene rings is 2. The summed E-state index contributed by atoms with van der Waals surface area (Å²) in [5.74, 6) is 0.248. The van der Waals surface area contributed by atoms with E-state index in [2.05, 4.69) is 20.4 Å². The van der Waals surface area contributed by atoms with Crippen LogP contribution in [0.4, 0.5) is 10.1 Å². The molecule has 2 aromatic carbocycles. The van der Waals surface area contributed by atoms with Crippen molar-refractivity contribution in [3.8, 4) is 11.8 Å². The van der Waals surface area contributed by atoms with Crippen LogP contribution in [0.25, 0.3) is 10.9 Å². The van der Waals surface area contributed by atoms with Crippen molar-refractivity contribution in [2.24, 2.45) is 10.3 Å². The second-order valence-electron chi connectivity index (χ2n) is 8.90. The molecule has 0 amide bonds. The van der Waals surface area contributed by atoms with Gasteiger partial charge < -0.3 is 4.74 Å². The standard InChI is InChI=1S/C25H27FN4O2S/c1-16-10-20(30-33(2,3)31)13-23-25(16)22(28-15-29-23)11-18-6-7-19(26)12-24(18)32-21-8-4-17(14-27)5-9-21/h6-7,10,12-13,15,17,21H,4-5,8-9,11H2,1-3H3. The Bertz CT molecular complexity index is 1340. The summed E-state index contributed by atoms with van der Waals surface area (Å²) in [7, 11) is -2.29. The molecule has 0 saturated heterocycles. The highest BCUT2D eigenvalue weighted by Gasteiger charge is 2.23. The van der Waals surface area contributed by atoms with Crippen LogP contribution in [-0.4, -0.2) is 32.8 Å². The molecule has 172 valence electrons. The number of rotatable bonds is 5. The first kappa shape index (κ1) is 23.1. The molecule has 1 heterocycles. The van der Waals surface area contributed by atoms with Gasteiger partial charge >= 0.3 is 0 Å². The first-order valence-corrected chi connectivity index (χ1v) is 13.3. The highest BCUT2D eigenvalue weighted by atomic mass is 32.2. The molecule has 0 N–H and O–H groups in total. The molecule has 0 bridgehead atoms. The minimum absolute atomic E-state index is 0.0267. The first-order valence-electron chi connectivity index (χ1n) is 11.0. The Balaban J connectivity index is 1.66. The fourth-order valence-corrected chi connectivity index (χ4v) is 4.96. The van der Waals surface area contributed by atoms with E-state index in [1.54, 1.807) is 18.6 Å². The van der Waals surface area contributed by atoms with Gasteiger partial charge in [0.05, 0.1) is 29.1 Å². The van der Waals surface area contributed by atoms with Crippen LogP contribution >= 0.6 is 0 Å². The smallest absolute Gasteiger partial charge is 0.126 e. The van der Waals surface area contributed by atoms with Gasteiger partial charge in [-0.15, -0.1) is 0 Å². The Hall–Kier alpha value is -3.05. The van der Waals surface area contributed by atoms with Crippen LogP contribution in [0.2, 0.25) is 0 Å². The lowest BCUT2D eigenvalue weighted by molar-refractivity contribution is 0.141. The number of hydrogen-bond acceptors (Lipinski definition) is 6. The molecule has 1 aliphatic carbocycles. The molecule has 1 aromatic heterocycles. The van der Waals surface area contributed by atoms with Gasteiger partial charge in [0, 0.05) is 51.6 Å². The molecular formula is C25H27FN4O2S. The summed E-state index contributed by atoms with van der Waals surface area (Å²) in [6, 6.07) is 10.6. The minimum atomic E-state index is -2.29. The SMILES string of the molecule is Cc1cc(N=S(C)(C)=O)cc2ncnc(Cc3ccc(F)cc3OC3CCC(C#N)CC3)c12. The molecule has 33 heavy (non-hydrogen) atoms. The molecule has 0 unspecified atom stereocenters. The lowest BCUT2D eigenvalue weighted by Crippen LogP contribution is -2.24. The highest BCUT2D eigenvalue weighted by molar-refractivity contribution is 7.92. The Morgan fingerprint density at radius 2 is 1.94 bits per heavy atom. The zero-order valence-corrected chi connectivity index (χ0v) is 19.9. The van der Waals surface area contributed by atoms with Gasteiger partial charge in [-0.25, -0.2) is 18.6 Å². The van der Waals surface area contributed by atoms with E-state index in [0.29, 0.717) is 17.9 Å². The molecule has 0 aliphatic heterocycles. The second-order valence-corrected chi connectivity index (χ2v) is 11.4. The lowest BCUT2D eigenvalue weighted by Gasteiger charge is -2.26. The maximum absolute atomic E-state index is 14.1. The average Bonchev–Trinajstić information content (AvgIpc) is 2.75. The lowest BCUT2D eigenvalue weighted by atomic mass is 9.88. The number of nitrogens with zero attached hydrogens (tertiary/aromatic N) is 4. The van der Waals surface area contributed by atoms with Crippen molar-refractivity contribution in [2.75, 3.05) is 12.5 Å². The number of nitriles is 1. The predicted octanol–water partition coefficient (Wildman–Crippen LogP) is 5.49. The van der Waals surface area contributed by atoms with Gasteiger partial charge in [-0.2, -0.15) is 9.62 Å². The van der Waals surface area contributed by atoms with Crippen molar-refractivity contribution in [3.05, 3.63) is 59.3 Å². The van der Waals surface area contributed by atoms with Gasteiger partial charge in [-0.1, -0.05) is 6.07 Å². The van der Waals surface area contributed by atoms with Crippen LogP contribution in [-0.2, 0) is 16.1 Å². The highest BCUT2D eigenvalue weighted by Crippen LogP contribution is 2.32. The first-order chi connectivity index (χ1) is 15.7. The van der Waals surface area contributed by atoms with Crippen LogP contribution in [0.15, 0.2) is 41.0 Å². The number of aromatic nitrogens is 2. The Labute approximate surface area is 194 Å². The maximum atomic E-state index is 14.1. The third kappa shape index (κ3) is 5.66. The molecule has 4 rings (SSSR count). The van der Waals surface area contributed by atoms with Gasteiger partial charge in [0.2, 0.25) is 0 Å². The van der Waals surface area contributed by atoms with Crippen molar-refractivity contribution < 1.29 is 13.3 Å². The Morgan fingerprint density at radius 3 is 2.64 bits per heavy atom. The maximum Gasteiger partial charge on any atom is 0.126 e. The molecule has 1 saturated carbocycles. The zero-order valence-electron chi connectivity index (χ0n) is 19.0. The van der Waals surface area contributed by atoms with Crippen molar-refractivity contribution >= 4 is 26.3 Å². The van der Waals surface area contributed by atoms with E-state index < -0.39 is 9.73 Å². The number of ether oxygens (including phenoxy) is 1. The summed E-state index contributed by atoms with van der Waals surface area (Å²) in [5.41, 5.74) is 3.93. The molecule has 6 nitrogen and oxygen atoms in total. The summed E-state index contributed by atoms with van der Waals surface area (Å²) in [6.07, 6.45) is 8.31. The van der Waals surface area contributed by atoms with Crippen LogP contribution in [0, 0.1) is 30.0 Å². The van der Waals surface area contributed by atoms with E-state index in [-0.39, 0.29) is 17.8 Å². The Morgan fingerprint density at radius 1 is 1.18 bits per heavy atom. The summed E-state index contributed by atoms with van der Waals surface area (Å²) in [5, 5.41) is 10.0. The molecule has 0 spiro atoms. The predicted molar refractivity (Wildman–Crippen MR) is 128 cm³/mol. The molecule has 8 heteroatoms. The van der Waals surface area contributed by atoms with Crippen LogP contribution in [0.3, 0.4) is 0 Å².